The molecule has 3 heteroatoms. The van der Waals surface area contributed by atoms with Crippen LogP contribution in [-0.2, 0) is 4.79 Å². The maximum Gasteiger partial charge on any atom is 0.155 e. The van der Waals surface area contributed by atoms with Crippen molar-refractivity contribution in [3.63, 3.8) is 0 Å². The van der Waals surface area contributed by atoms with Gasteiger partial charge in [-0.3, -0.25) is 4.79 Å². The number of allylic oxidation sites excluding steroid dienone is 1. The highest BCUT2D eigenvalue weighted by Crippen LogP contribution is 2.12. The van der Waals surface area contributed by atoms with Gasteiger partial charge in [0.05, 0.1) is 6.67 Å². The second kappa shape index (κ2) is 11.4. The van der Waals surface area contributed by atoms with E-state index in [1.165, 1.54) is 64.0 Å². The van der Waals surface area contributed by atoms with Crippen LogP contribution in [-0.4, -0.2) is 35.8 Å². The van der Waals surface area contributed by atoms with Crippen molar-refractivity contribution >= 4 is 5.78 Å². The van der Waals surface area contributed by atoms with Crippen molar-refractivity contribution in [3.8, 4) is 0 Å². The average Bonchev–Trinajstić information content (AvgIpc) is 2.90. The Kier molecular flexibility index (Phi) is 9.68. The summed E-state index contributed by atoms with van der Waals surface area (Å²) in [6.45, 7) is 5.74. The summed E-state index contributed by atoms with van der Waals surface area (Å²) in [5, 5.41) is 0. The Balaban J connectivity index is 1.76. The van der Waals surface area contributed by atoms with Crippen molar-refractivity contribution in [2.75, 3.05) is 20.3 Å². The summed E-state index contributed by atoms with van der Waals surface area (Å²) >= 11 is 0. The third kappa shape index (κ3) is 9.33. The molecule has 0 bridgehead atoms. The van der Waals surface area contributed by atoms with Gasteiger partial charge in [0.25, 0.3) is 0 Å². The van der Waals surface area contributed by atoms with Crippen molar-refractivity contribution < 1.29 is 4.79 Å². The van der Waals surface area contributed by atoms with Gasteiger partial charge in [-0.2, -0.15) is 0 Å². The zero-order valence-corrected chi connectivity index (χ0v) is 13.7. The number of ketones is 1. The van der Waals surface area contributed by atoms with Crippen LogP contribution in [0.15, 0.2) is 25.1 Å². The quantitative estimate of drug-likeness (QED) is 0.373. The van der Waals surface area contributed by atoms with E-state index in [4.69, 9.17) is 0 Å². The molecule has 0 radical (unpaired) electrons. The van der Waals surface area contributed by atoms with Gasteiger partial charge < -0.3 is 9.80 Å². The number of unbranched alkanes of at least 4 members (excludes halogenated alkanes) is 8. The van der Waals surface area contributed by atoms with Crippen molar-refractivity contribution in [1.29, 1.82) is 0 Å². The Hall–Kier alpha value is -1.25. The molecule has 0 amide bonds. The summed E-state index contributed by atoms with van der Waals surface area (Å²) in [7, 11) is 2.11. The lowest BCUT2D eigenvalue weighted by atomic mass is 10.1. The minimum atomic E-state index is 0.189. The van der Waals surface area contributed by atoms with Gasteiger partial charge in [0, 0.05) is 32.4 Å². The number of carbonyl (C=O) groups excluding carboxylic acids is 1. The molecule has 0 saturated carbocycles. The highest BCUT2D eigenvalue weighted by atomic mass is 16.1. The van der Waals surface area contributed by atoms with E-state index in [-0.39, 0.29) is 5.78 Å². The normalized spacial score (nSPS) is 14.0. The van der Waals surface area contributed by atoms with Crippen LogP contribution in [0.1, 0.15) is 64.2 Å². The first-order chi connectivity index (χ1) is 10.2. The minimum absolute atomic E-state index is 0.189. The smallest absolute Gasteiger partial charge is 0.155 e. The van der Waals surface area contributed by atoms with Crippen molar-refractivity contribution in [3.05, 3.63) is 25.1 Å². The van der Waals surface area contributed by atoms with Crippen LogP contribution in [0, 0.1) is 0 Å². The second-order valence-electron chi connectivity index (χ2n) is 6.11. The first-order valence-electron chi connectivity index (χ1n) is 8.50. The molecule has 0 fully saturated rings. The molecule has 1 aliphatic rings. The van der Waals surface area contributed by atoms with Crippen LogP contribution in [0.5, 0.6) is 0 Å². The predicted octanol–water partition coefficient (Wildman–Crippen LogP) is 4.32. The maximum atomic E-state index is 11.0. The van der Waals surface area contributed by atoms with Crippen LogP contribution in [0.4, 0.5) is 0 Å². The van der Waals surface area contributed by atoms with Crippen LogP contribution < -0.4 is 0 Å². The lowest BCUT2D eigenvalue weighted by molar-refractivity contribution is -0.114. The molecule has 0 atom stereocenters. The summed E-state index contributed by atoms with van der Waals surface area (Å²) in [5.74, 6) is 0.189. The summed E-state index contributed by atoms with van der Waals surface area (Å²) in [5.41, 5.74) is 0. The van der Waals surface area contributed by atoms with Gasteiger partial charge >= 0.3 is 0 Å². The van der Waals surface area contributed by atoms with E-state index in [1.54, 1.807) is 0 Å². The third-order valence-corrected chi connectivity index (χ3v) is 4.03. The lowest BCUT2D eigenvalue weighted by Gasteiger charge is -2.17. The van der Waals surface area contributed by atoms with Crippen molar-refractivity contribution in [2.45, 2.75) is 64.2 Å². The monoisotopic (exact) mass is 292 g/mol. The Bertz CT molecular complexity index is 325. The van der Waals surface area contributed by atoms with Crippen LogP contribution >= 0.6 is 0 Å². The summed E-state index contributed by atoms with van der Waals surface area (Å²) in [4.78, 5) is 15.6. The first-order valence-corrected chi connectivity index (χ1v) is 8.50. The molecular weight excluding hydrogens is 260 g/mol. The highest BCUT2D eigenvalue weighted by Gasteiger charge is 2.06. The average molecular weight is 292 g/mol. The SMILES string of the molecule is C=CC(=O)CCCCCCCCCCCN1C=CN(C)C1. The van der Waals surface area contributed by atoms with Crippen LogP contribution in [0.2, 0.25) is 0 Å². The molecule has 1 rings (SSSR count). The fourth-order valence-corrected chi connectivity index (χ4v) is 2.69. The minimum Gasteiger partial charge on any atom is -0.362 e. The van der Waals surface area contributed by atoms with Crippen molar-refractivity contribution in [1.82, 2.24) is 9.80 Å². The fourth-order valence-electron chi connectivity index (χ4n) is 2.69. The van der Waals surface area contributed by atoms with E-state index in [0.29, 0.717) is 6.42 Å². The van der Waals surface area contributed by atoms with Gasteiger partial charge in [0.2, 0.25) is 0 Å². The Morgan fingerprint density at radius 2 is 1.57 bits per heavy atom. The molecule has 0 spiro atoms. The van der Waals surface area contributed by atoms with Gasteiger partial charge in [0.15, 0.2) is 5.78 Å². The number of rotatable bonds is 13. The largest absolute Gasteiger partial charge is 0.362 e. The molecule has 3 nitrogen and oxygen atoms in total. The van der Waals surface area contributed by atoms with E-state index in [2.05, 4.69) is 35.8 Å². The zero-order valence-electron chi connectivity index (χ0n) is 13.7. The van der Waals surface area contributed by atoms with E-state index in [1.807, 2.05) is 0 Å². The first kappa shape index (κ1) is 17.8. The molecule has 0 aromatic carbocycles. The van der Waals surface area contributed by atoms with Gasteiger partial charge in [-0.1, -0.05) is 51.5 Å². The Labute approximate surface area is 130 Å². The van der Waals surface area contributed by atoms with Crippen LogP contribution in [0.25, 0.3) is 0 Å². The summed E-state index contributed by atoms with van der Waals surface area (Å²) in [6.07, 6.45) is 18.0. The molecule has 0 unspecified atom stereocenters. The molecule has 0 saturated heterocycles. The van der Waals surface area contributed by atoms with Gasteiger partial charge in [0.1, 0.15) is 0 Å². The van der Waals surface area contributed by atoms with Crippen LogP contribution in [0.3, 0.4) is 0 Å². The second-order valence-corrected chi connectivity index (χ2v) is 6.11. The molecule has 21 heavy (non-hydrogen) atoms. The lowest BCUT2D eigenvalue weighted by Crippen LogP contribution is -2.23. The fraction of sp³-hybridized carbons (Fsp3) is 0.722. The number of nitrogens with zero attached hydrogens (tertiary/aromatic N) is 2. The number of carbonyl (C=O) groups is 1. The highest BCUT2D eigenvalue weighted by molar-refractivity contribution is 5.88. The molecule has 120 valence electrons. The molecule has 1 heterocycles. The van der Waals surface area contributed by atoms with E-state index in [9.17, 15) is 4.79 Å². The third-order valence-electron chi connectivity index (χ3n) is 4.03. The zero-order chi connectivity index (χ0) is 15.3. The van der Waals surface area contributed by atoms with E-state index >= 15 is 0 Å². The maximum absolute atomic E-state index is 11.0. The molecule has 0 aromatic heterocycles. The predicted molar refractivity (Wildman–Crippen MR) is 89.9 cm³/mol. The Morgan fingerprint density at radius 1 is 1.00 bits per heavy atom. The van der Waals surface area contributed by atoms with E-state index in [0.717, 1.165) is 13.1 Å². The Morgan fingerprint density at radius 3 is 2.10 bits per heavy atom. The number of hydrogen-bond donors (Lipinski definition) is 0. The van der Waals surface area contributed by atoms with E-state index < -0.39 is 0 Å². The van der Waals surface area contributed by atoms with Crippen molar-refractivity contribution in [2.24, 2.45) is 0 Å². The standard InChI is InChI=1S/C18H32N2O/c1-3-18(21)13-11-9-7-5-4-6-8-10-12-14-20-16-15-19(2)17-20/h3,15-16H,1,4-14,17H2,2H3. The van der Waals surface area contributed by atoms with Gasteiger partial charge in [-0.15, -0.1) is 0 Å². The summed E-state index contributed by atoms with van der Waals surface area (Å²) < 4.78 is 0. The molecule has 0 N–H and O–H groups in total. The van der Waals surface area contributed by atoms with Gasteiger partial charge in [-0.25, -0.2) is 0 Å². The number of hydrogen-bond acceptors (Lipinski definition) is 3. The molecular formula is C18H32N2O. The molecule has 0 aliphatic carbocycles. The topological polar surface area (TPSA) is 23.6 Å². The molecule has 0 aromatic rings. The van der Waals surface area contributed by atoms with Gasteiger partial charge in [-0.05, 0) is 18.9 Å². The summed E-state index contributed by atoms with van der Waals surface area (Å²) in [6, 6.07) is 0. The molecule has 1 aliphatic heterocycles.